The van der Waals surface area contributed by atoms with Crippen molar-refractivity contribution in [3.8, 4) is 0 Å². The molecule has 2 aromatic rings. The summed E-state index contributed by atoms with van der Waals surface area (Å²) in [6.45, 7) is 0. The van der Waals surface area contributed by atoms with Crippen molar-refractivity contribution in [2.45, 2.75) is 4.90 Å². The molecule has 0 aliphatic carbocycles. The monoisotopic (exact) mass is 305 g/mol. The standard InChI is InChI=1S/C9H5BrClNO2S/c10-7-4-6-2-1-3-8(15(11,13)14)9(6)12-5-7/h1-5H. The van der Waals surface area contributed by atoms with Gasteiger partial charge in [0.2, 0.25) is 0 Å². The summed E-state index contributed by atoms with van der Waals surface area (Å²) in [6, 6.07) is 6.63. The summed E-state index contributed by atoms with van der Waals surface area (Å²) >= 11 is 3.26. The molecule has 0 radical (unpaired) electrons. The minimum absolute atomic E-state index is 0.0363. The average molecular weight is 307 g/mol. The van der Waals surface area contributed by atoms with Crippen molar-refractivity contribution in [2.75, 3.05) is 0 Å². The molecule has 0 aliphatic rings. The van der Waals surface area contributed by atoms with Gasteiger partial charge >= 0.3 is 0 Å². The van der Waals surface area contributed by atoms with Crippen molar-refractivity contribution in [1.29, 1.82) is 0 Å². The number of benzene rings is 1. The normalized spacial score (nSPS) is 11.9. The van der Waals surface area contributed by atoms with Crippen LogP contribution in [0.25, 0.3) is 10.9 Å². The summed E-state index contributed by atoms with van der Waals surface area (Å²) in [4.78, 5) is 4.07. The third kappa shape index (κ3) is 2.14. The van der Waals surface area contributed by atoms with Crippen molar-refractivity contribution >= 4 is 46.6 Å². The Hall–Kier alpha value is -0.650. The zero-order valence-electron chi connectivity index (χ0n) is 7.31. The molecule has 1 heterocycles. The van der Waals surface area contributed by atoms with Crippen LogP contribution in [0.2, 0.25) is 0 Å². The van der Waals surface area contributed by atoms with Crippen LogP contribution in [0.5, 0.6) is 0 Å². The number of para-hydroxylation sites is 1. The molecule has 0 fully saturated rings. The first-order valence-electron chi connectivity index (χ1n) is 3.97. The predicted molar refractivity (Wildman–Crippen MR) is 62.5 cm³/mol. The number of hydrogen-bond donors (Lipinski definition) is 0. The van der Waals surface area contributed by atoms with Crippen LogP contribution < -0.4 is 0 Å². The molecule has 0 saturated heterocycles. The lowest BCUT2D eigenvalue weighted by Gasteiger charge is -2.02. The molecule has 2 rings (SSSR count). The molecule has 78 valence electrons. The molecular formula is C9H5BrClNO2S. The van der Waals surface area contributed by atoms with Crippen LogP contribution in [-0.2, 0) is 9.05 Å². The lowest BCUT2D eigenvalue weighted by atomic mass is 10.2. The fourth-order valence-corrected chi connectivity index (χ4v) is 2.67. The van der Waals surface area contributed by atoms with Crippen LogP contribution in [0.1, 0.15) is 0 Å². The molecule has 3 nitrogen and oxygen atoms in total. The molecule has 0 atom stereocenters. The van der Waals surface area contributed by atoms with E-state index in [1.807, 2.05) is 0 Å². The Labute approximate surface area is 99.6 Å². The number of hydrogen-bond acceptors (Lipinski definition) is 3. The van der Waals surface area contributed by atoms with E-state index in [0.29, 0.717) is 5.52 Å². The highest BCUT2D eigenvalue weighted by Gasteiger charge is 2.14. The highest BCUT2D eigenvalue weighted by atomic mass is 79.9. The van der Waals surface area contributed by atoms with Gasteiger partial charge in [0.1, 0.15) is 4.90 Å². The molecule has 0 aliphatic heterocycles. The van der Waals surface area contributed by atoms with Gasteiger partial charge in [0, 0.05) is 26.7 Å². The largest absolute Gasteiger partial charge is 0.263 e. The van der Waals surface area contributed by atoms with Gasteiger partial charge in [0.05, 0.1) is 5.52 Å². The van der Waals surface area contributed by atoms with Crippen LogP contribution in [-0.4, -0.2) is 13.4 Å². The fraction of sp³-hybridized carbons (Fsp3) is 0. The van der Waals surface area contributed by atoms with E-state index in [9.17, 15) is 8.42 Å². The third-order valence-electron chi connectivity index (χ3n) is 1.90. The summed E-state index contributed by atoms with van der Waals surface area (Å²) in [5, 5.41) is 0.728. The maximum atomic E-state index is 11.2. The van der Waals surface area contributed by atoms with Gasteiger partial charge in [0.15, 0.2) is 0 Å². The molecule has 0 bridgehead atoms. The molecular weight excluding hydrogens is 302 g/mol. The molecule has 0 N–H and O–H groups in total. The topological polar surface area (TPSA) is 47.0 Å². The Bertz CT molecular complexity index is 627. The van der Waals surface area contributed by atoms with Crippen molar-refractivity contribution in [3.05, 3.63) is 34.9 Å². The van der Waals surface area contributed by atoms with Gasteiger partial charge in [-0.25, -0.2) is 8.42 Å². The Morgan fingerprint density at radius 1 is 1.33 bits per heavy atom. The predicted octanol–water partition coefficient (Wildman–Crippen LogP) is 2.92. The van der Waals surface area contributed by atoms with E-state index in [1.165, 1.54) is 12.3 Å². The number of pyridine rings is 1. The number of halogens is 2. The second-order valence-electron chi connectivity index (χ2n) is 2.92. The summed E-state index contributed by atoms with van der Waals surface area (Å²) < 4.78 is 23.3. The molecule has 0 saturated carbocycles. The quantitative estimate of drug-likeness (QED) is 0.761. The zero-order chi connectivity index (χ0) is 11.1. The minimum Gasteiger partial charge on any atom is -0.254 e. The van der Waals surface area contributed by atoms with E-state index in [1.54, 1.807) is 18.2 Å². The maximum Gasteiger partial charge on any atom is 0.263 e. The number of nitrogens with zero attached hydrogens (tertiary/aromatic N) is 1. The number of rotatable bonds is 1. The van der Waals surface area contributed by atoms with Gasteiger partial charge in [-0.3, -0.25) is 4.98 Å². The van der Waals surface area contributed by atoms with Gasteiger partial charge in [-0.05, 0) is 28.1 Å². The van der Waals surface area contributed by atoms with Crippen molar-refractivity contribution in [2.24, 2.45) is 0 Å². The molecule has 6 heteroatoms. The molecule has 0 amide bonds. The van der Waals surface area contributed by atoms with Crippen LogP contribution in [0.3, 0.4) is 0 Å². The highest BCUT2D eigenvalue weighted by molar-refractivity contribution is 9.10. The van der Waals surface area contributed by atoms with Gasteiger partial charge in [-0.1, -0.05) is 12.1 Å². The second kappa shape index (κ2) is 3.73. The fourth-order valence-electron chi connectivity index (χ4n) is 1.30. The van der Waals surface area contributed by atoms with Crippen LogP contribution in [0, 0.1) is 0 Å². The van der Waals surface area contributed by atoms with E-state index in [-0.39, 0.29) is 4.90 Å². The summed E-state index contributed by atoms with van der Waals surface area (Å²) in [7, 11) is 1.55. The molecule has 1 aromatic heterocycles. The third-order valence-corrected chi connectivity index (χ3v) is 3.69. The molecule has 0 unspecified atom stereocenters. The van der Waals surface area contributed by atoms with Crippen molar-refractivity contribution in [3.63, 3.8) is 0 Å². The molecule has 15 heavy (non-hydrogen) atoms. The first-order chi connectivity index (χ1) is 6.98. The van der Waals surface area contributed by atoms with Crippen LogP contribution in [0.15, 0.2) is 39.8 Å². The van der Waals surface area contributed by atoms with Crippen LogP contribution in [0.4, 0.5) is 0 Å². The van der Waals surface area contributed by atoms with Crippen LogP contribution >= 0.6 is 26.6 Å². The average Bonchev–Trinajstić information content (AvgIpc) is 2.15. The molecule has 0 spiro atoms. The van der Waals surface area contributed by atoms with E-state index in [0.717, 1.165) is 9.86 Å². The van der Waals surface area contributed by atoms with Crippen molar-refractivity contribution in [1.82, 2.24) is 4.98 Å². The van der Waals surface area contributed by atoms with Gasteiger partial charge < -0.3 is 0 Å². The Morgan fingerprint density at radius 3 is 2.73 bits per heavy atom. The molecule has 1 aromatic carbocycles. The van der Waals surface area contributed by atoms with Crippen molar-refractivity contribution < 1.29 is 8.42 Å². The lowest BCUT2D eigenvalue weighted by Crippen LogP contribution is -1.93. The maximum absolute atomic E-state index is 11.2. The SMILES string of the molecule is O=S(=O)(Cl)c1cccc2cc(Br)cnc12. The first-order valence-corrected chi connectivity index (χ1v) is 7.07. The van der Waals surface area contributed by atoms with Gasteiger partial charge in [0.25, 0.3) is 9.05 Å². The summed E-state index contributed by atoms with van der Waals surface area (Å²) in [5.74, 6) is 0. The number of aromatic nitrogens is 1. The lowest BCUT2D eigenvalue weighted by molar-refractivity contribution is 0.610. The Kier molecular flexibility index (Phi) is 2.70. The second-order valence-corrected chi connectivity index (χ2v) is 6.37. The smallest absolute Gasteiger partial charge is 0.254 e. The summed E-state index contributed by atoms with van der Waals surface area (Å²) in [5.41, 5.74) is 0.385. The van der Waals surface area contributed by atoms with E-state index in [2.05, 4.69) is 20.9 Å². The van der Waals surface area contributed by atoms with E-state index in [4.69, 9.17) is 10.7 Å². The Balaban J connectivity index is 2.89. The van der Waals surface area contributed by atoms with E-state index < -0.39 is 9.05 Å². The van der Waals surface area contributed by atoms with E-state index >= 15 is 0 Å². The van der Waals surface area contributed by atoms with Gasteiger partial charge in [-0.15, -0.1) is 0 Å². The zero-order valence-corrected chi connectivity index (χ0v) is 10.5. The van der Waals surface area contributed by atoms with Gasteiger partial charge in [-0.2, -0.15) is 0 Å². The Morgan fingerprint density at radius 2 is 2.07 bits per heavy atom. The minimum atomic E-state index is -3.75. The number of fused-ring (bicyclic) bond motifs is 1. The first kappa shape index (κ1) is 10.9. The highest BCUT2D eigenvalue weighted by Crippen LogP contribution is 2.25. The summed E-state index contributed by atoms with van der Waals surface area (Å²) in [6.07, 6.45) is 1.54.